The molecule has 26 heavy (non-hydrogen) atoms. The van der Waals surface area contributed by atoms with Crippen molar-refractivity contribution in [3.05, 3.63) is 70.7 Å². The molecule has 0 N–H and O–H groups in total. The third-order valence-electron chi connectivity index (χ3n) is 3.87. The molecule has 0 saturated carbocycles. The van der Waals surface area contributed by atoms with E-state index in [9.17, 15) is 0 Å². The molecular weight excluding hydrogens is 378 g/mol. The number of thiazole rings is 1. The van der Waals surface area contributed by atoms with Crippen LogP contribution in [0.3, 0.4) is 0 Å². The first-order chi connectivity index (χ1) is 12.7. The van der Waals surface area contributed by atoms with Gasteiger partial charge in [0, 0.05) is 5.75 Å². The molecule has 0 amide bonds. The van der Waals surface area contributed by atoms with E-state index in [2.05, 4.69) is 58.9 Å². The van der Waals surface area contributed by atoms with Crippen LogP contribution < -0.4 is 0 Å². The molecule has 0 bridgehead atoms. The van der Waals surface area contributed by atoms with E-state index in [0.29, 0.717) is 0 Å². The molecule has 0 spiro atoms. The Hall–Kier alpha value is -2.02. The minimum absolute atomic E-state index is 0.891. The average molecular weight is 396 g/mol. The summed E-state index contributed by atoms with van der Waals surface area (Å²) in [6, 6.07) is 16.8. The molecule has 0 aliphatic rings. The number of benzene rings is 1. The van der Waals surface area contributed by atoms with Gasteiger partial charge in [-0.25, -0.2) is 4.98 Å². The molecule has 0 aliphatic heterocycles. The maximum atomic E-state index is 4.69. The first kappa shape index (κ1) is 17.4. The van der Waals surface area contributed by atoms with Crippen LogP contribution in [0.15, 0.2) is 58.9 Å². The van der Waals surface area contributed by atoms with Crippen molar-refractivity contribution in [3.8, 4) is 20.5 Å². The van der Waals surface area contributed by atoms with Crippen LogP contribution in [0.4, 0.5) is 0 Å². The number of aromatic nitrogens is 3. The number of thiophene rings is 1. The van der Waals surface area contributed by atoms with Crippen LogP contribution in [0.5, 0.6) is 0 Å². The molecule has 0 fully saturated rings. The van der Waals surface area contributed by atoms with Crippen molar-refractivity contribution in [1.29, 1.82) is 0 Å². The van der Waals surface area contributed by atoms with Crippen LogP contribution in [-0.2, 0) is 5.75 Å². The van der Waals surface area contributed by atoms with E-state index >= 15 is 0 Å². The third kappa shape index (κ3) is 3.87. The second kappa shape index (κ2) is 7.70. The van der Waals surface area contributed by atoms with Crippen LogP contribution in [0.2, 0.25) is 0 Å². The fourth-order valence-electron chi connectivity index (χ4n) is 2.62. The van der Waals surface area contributed by atoms with Crippen LogP contribution in [-0.4, -0.2) is 15.2 Å². The Kier molecular flexibility index (Phi) is 5.15. The van der Waals surface area contributed by atoms with E-state index < -0.39 is 0 Å². The molecule has 0 atom stereocenters. The highest BCUT2D eigenvalue weighted by atomic mass is 32.2. The predicted octanol–water partition coefficient (Wildman–Crippen LogP) is 6.24. The van der Waals surface area contributed by atoms with E-state index in [0.717, 1.165) is 32.1 Å². The lowest BCUT2D eigenvalue weighted by molar-refractivity contribution is 0.936. The minimum Gasteiger partial charge on any atom is -0.240 e. The Labute approximate surface area is 165 Å². The second-order valence-corrected chi connectivity index (χ2v) is 8.89. The monoisotopic (exact) mass is 395 g/mol. The molecule has 0 radical (unpaired) electrons. The number of hydrogen-bond donors (Lipinski definition) is 0. The molecule has 0 saturated heterocycles. The van der Waals surface area contributed by atoms with Gasteiger partial charge in [0.2, 0.25) is 0 Å². The zero-order valence-electron chi connectivity index (χ0n) is 14.5. The van der Waals surface area contributed by atoms with E-state index in [-0.39, 0.29) is 0 Å². The van der Waals surface area contributed by atoms with Crippen molar-refractivity contribution in [1.82, 2.24) is 15.2 Å². The summed E-state index contributed by atoms with van der Waals surface area (Å²) < 4.78 is 0. The summed E-state index contributed by atoms with van der Waals surface area (Å²) in [5.41, 5.74) is 4.49. The Morgan fingerprint density at radius 1 is 1.00 bits per heavy atom. The standard InChI is InChI=1S/C20H17N3S3/c1-13-5-3-6-15(11-13)12-25-18-9-8-16(22-23-18)19-14(2)21-20(26-19)17-7-4-10-24-17/h3-11H,12H2,1-2H3. The summed E-state index contributed by atoms with van der Waals surface area (Å²) in [5, 5.41) is 12.9. The average Bonchev–Trinajstić information content (AvgIpc) is 3.30. The third-order valence-corrected chi connectivity index (χ3v) is 7.08. The Morgan fingerprint density at radius 3 is 2.65 bits per heavy atom. The fourth-order valence-corrected chi connectivity index (χ4v) is 5.20. The summed E-state index contributed by atoms with van der Waals surface area (Å²) in [4.78, 5) is 6.98. The van der Waals surface area contributed by atoms with Crippen molar-refractivity contribution < 1.29 is 0 Å². The van der Waals surface area contributed by atoms with E-state index in [4.69, 9.17) is 4.98 Å². The molecule has 1 aromatic carbocycles. The van der Waals surface area contributed by atoms with Gasteiger partial charge in [0.15, 0.2) is 0 Å². The Bertz CT molecular complexity index is 1010. The molecule has 130 valence electrons. The first-order valence-corrected chi connectivity index (χ1v) is 10.9. The van der Waals surface area contributed by atoms with Gasteiger partial charge in [-0.3, -0.25) is 0 Å². The summed E-state index contributed by atoms with van der Waals surface area (Å²) >= 11 is 5.10. The van der Waals surface area contributed by atoms with E-state index in [1.54, 1.807) is 34.4 Å². The number of rotatable bonds is 5. The lowest BCUT2D eigenvalue weighted by atomic mass is 10.2. The highest BCUT2D eigenvalue weighted by Gasteiger charge is 2.13. The van der Waals surface area contributed by atoms with Gasteiger partial charge in [0.25, 0.3) is 0 Å². The van der Waals surface area contributed by atoms with E-state index in [1.807, 2.05) is 19.1 Å². The zero-order valence-corrected chi connectivity index (χ0v) is 16.9. The molecule has 3 heterocycles. The number of aryl methyl sites for hydroxylation is 2. The van der Waals surface area contributed by atoms with Gasteiger partial charge in [-0.05, 0) is 43.0 Å². The summed E-state index contributed by atoms with van der Waals surface area (Å²) in [6.45, 7) is 4.15. The minimum atomic E-state index is 0.891. The van der Waals surface area contributed by atoms with Gasteiger partial charge in [-0.2, -0.15) is 0 Å². The topological polar surface area (TPSA) is 38.7 Å². The van der Waals surface area contributed by atoms with Crippen LogP contribution in [0.25, 0.3) is 20.5 Å². The number of thioether (sulfide) groups is 1. The quantitative estimate of drug-likeness (QED) is 0.375. The SMILES string of the molecule is Cc1cccc(CSc2ccc(-c3sc(-c4cccs4)nc3C)nn2)c1. The van der Waals surface area contributed by atoms with Gasteiger partial charge in [-0.1, -0.05) is 47.7 Å². The molecule has 3 nitrogen and oxygen atoms in total. The molecule has 4 rings (SSSR count). The van der Waals surface area contributed by atoms with Crippen molar-refractivity contribution in [2.75, 3.05) is 0 Å². The second-order valence-electron chi connectivity index (χ2n) is 5.95. The maximum Gasteiger partial charge on any atom is 0.134 e. The van der Waals surface area contributed by atoms with E-state index in [1.165, 1.54) is 16.0 Å². The van der Waals surface area contributed by atoms with Crippen molar-refractivity contribution in [3.63, 3.8) is 0 Å². The lowest BCUT2D eigenvalue weighted by Gasteiger charge is -2.03. The number of hydrogen-bond acceptors (Lipinski definition) is 6. The number of nitrogens with zero attached hydrogens (tertiary/aromatic N) is 3. The molecule has 0 aliphatic carbocycles. The highest BCUT2D eigenvalue weighted by molar-refractivity contribution is 7.98. The highest BCUT2D eigenvalue weighted by Crippen LogP contribution is 2.36. The lowest BCUT2D eigenvalue weighted by Crippen LogP contribution is -1.90. The van der Waals surface area contributed by atoms with Gasteiger partial charge in [0.1, 0.15) is 15.7 Å². The van der Waals surface area contributed by atoms with Gasteiger partial charge in [-0.15, -0.1) is 32.9 Å². The largest absolute Gasteiger partial charge is 0.240 e. The fraction of sp³-hybridized carbons (Fsp3) is 0.150. The predicted molar refractivity (Wildman–Crippen MR) is 112 cm³/mol. The Balaban J connectivity index is 1.49. The van der Waals surface area contributed by atoms with Gasteiger partial charge < -0.3 is 0 Å². The van der Waals surface area contributed by atoms with Crippen LogP contribution in [0.1, 0.15) is 16.8 Å². The molecular formula is C20H17N3S3. The summed E-state index contributed by atoms with van der Waals surface area (Å²) in [6.07, 6.45) is 0. The molecule has 4 aromatic rings. The van der Waals surface area contributed by atoms with Crippen LogP contribution in [0, 0.1) is 13.8 Å². The molecule has 6 heteroatoms. The molecule has 3 aromatic heterocycles. The van der Waals surface area contributed by atoms with Gasteiger partial charge in [0.05, 0.1) is 15.4 Å². The summed E-state index contributed by atoms with van der Waals surface area (Å²) in [5.74, 6) is 0.901. The van der Waals surface area contributed by atoms with Crippen molar-refractivity contribution in [2.24, 2.45) is 0 Å². The Morgan fingerprint density at radius 2 is 1.92 bits per heavy atom. The summed E-state index contributed by atoms with van der Waals surface area (Å²) in [7, 11) is 0. The van der Waals surface area contributed by atoms with Crippen LogP contribution >= 0.6 is 34.4 Å². The zero-order chi connectivity index (χ0) is 17.9. The smallest absolute Gasteiger partial charge is 0.134 e. The van der Waals surface area contributed by atoms with Crippen molar-refractivity contribution >= 4 is 34.4 Å². The maximum absolute atomic E-state index is 4.69. The first-order valence-electron chi connectivity index (χ1n) is 8.23. The van der Waals surface area contributed by atoms with Crippen molar-refractivity contribution in [2.45, 2.75) is 24.6 Å². The normalized spacial score (nSPS) is 11.0. The molecule has 0 unspecified atom stereocenters. The van der Waals surface area contributed by atoms with Gasteiger partial charge >= 0.3 is 0 Å².